The maximum atomic E-state index is 13.2. The van der Waals surface area contributed by atoms with E-state index in [-0.39, 0.29) is 18.3 Å². The van der Waals surface area contributed by atoms with Gasteiger partial charge in [0, 0.05) is 16.0 Å². The van der Waals surface area contributed by atoms with Crippen LogP contribution in [0.4, 0.5) is 9.39 Å². The van der Waals surface area contributed by atoms with Gasteiger partial charge in [-0.1, -0.05) is 42.5 Å². The second-order valence-electron chi connectivity index (χ2n) is 6.60. The van der Waals surface area contributed by atoms with E-state index in [0.29, 0.717) is 6.54 Å². The van der Waals surface area contributed by atoms with Crippen LogP contribution < -0.4 is 4.90 Å². The maximum Gasteiger partial charge on any atom is 0.249 e. The Kier molecular flexibility index (Phi) is 4.62. The molecule has 5 heteroatoms. The maximum absolute atomic E-state index is 13.2. The number of thiophene rings is 1. The molecule has 0 aliphatic carbocycles. The summed E-state index contributed by atoms with van der Waals surface area (Å²) in [5, 5.41) is 0.916. The van der Waals surface area contributed by atoms with Crippen molar-refractivity contribution in [3.8, 4) is 0 Å². The summed E-state index contributed by atoms with van der Waals surface area (Å²) in [5.41, 5.74) is 4.94. The summed E-state index contributed by atoms with van der Waals surface area (Å²) >= 11 is 1.61. The van der Waals surface area contributed by atoms with E-state index in [4.69, 9.17) is 0 Å². The molecule has 2 aromatic carbocycles. The normalized spacial score (nSPS) is 14.0. The van der Waals surface area contributed by atoms with Gasteiger partial charge >= 0.3 is 0 Å². The molecule has 0 N–H and O–H groups in total. The average Bonchev–Trinajstić information content (AvgIpc) is 2.89. The number of carbonyl (C=O) groups is 1. The van der Waals surface area contributed by atoms with Crippen LogP contribution in [0, 0.1) is 19.7 Å². The minimum absolute atomic E-state index is 0.0484. The van der Waals surface area contributed by atoms with Crippen LogP contribution >= 0.6 is 11.3 Å². The third kappa shape index (κ3) is 3.30. The van der Waals surface area contributed by atoms with E-state index in [1.807, 2.05) is 30.3 Å². The molecule has 1 aliphatic heterocycles. The first kappa shape index (κ1) is 17.6. The summed E-state index contributed by atoms with van der Waals surface area (Å²) in [7, 11) is 0. The number of fused-ring (bicyclic) bond motifs is 1. The minimum Gasteiger partial charge on any atom is -0.297 e. The fraction of sp³-hybridized carbons (Fsp3) is 0.182. The van der Waals surface area contributed by atoms with Gasteiger partial charge in [-0.05, 0) is 37.1 Å². The Balaban J connectivity index is 1.82. The molecule has 27 heavy (non-hydrogen) atoms. The number of benzene rings is 2. The zero-order valence-corrected chi connectivity index (χ0v) is 16.0. The van der Waals surface area contributed by atoms with Crippen LogP contribution in [0.2, 0.25) is 0 Å². The highest BCUT2D eigenvalue weighted by Gasteiger charge is 2.29. The van der Waals surface area contributed by atoms with E-state index in [2.05, 4.69) is 18.8 Å². The van der Waals surface area contributed by atoms with E-state index < -0.39 is 0 Å². The molecule has 0 saturated heterocycles. The van der Waals surface area contributed by atoms with Crippen molar-refractivity contribution < 1.29 is 9.18 Å². The standard InChI is InChI=1S/C22H19FN2OS/c1-14-15(2)27-22-20(14)21(17-6-4-3-5-7-17)24-12-19(26)25(22)13-16-8-10-18(23)11-9-16/h3-11H,12-13H2,1-2H3. The zero-order valence-electron chi connectivity index (χ0n) is 15.2. The van der Waals surface area contributed by atoms with Crippen LogP contribution in [0.1, 0.15) is 27.1 Å². The molecule has 0 unspecified atom stereocenters. The van der Waals surface area contributed by atoms with Crippen LogP contribution in [-0.4, -0.2) is 18.2 Å². The lowest BCUT2D eigenvalue weighted by molar-refractivity contribution is -0.117. The highest BCUT2D eigenvalue weighted by Crippen LogP contribution is 2.39. The lowest BCUT2D eigenvalue weighted by Gasteiger charge is -2.21. The van der Waals surface area contributed by atoms with Crippen molar-refractivity contribution >= 4 is 28.0 Å². The lowest BCUT2D eigenvalue weighted by Crippen LogP contribution is -2.31. The van der Waals surface area contributed by atoms with E-state index in [9.17, 15) is 9.18 Å². The van der Waals surface area contributed by atoms with Crippen molar-refractivity contribution in [1.29, 1.82) is 0 Å². The molecule has 4 rings (SSSR count). The second-order valence-corrected chi connectivity index (χ2v) is 7.80. The molecule has 0 atom stereocenters. The van der Waals surface area contributed by atoms with Gasteiger partial charge in [0.05, 0.1) is 12.3 Å². The molecule has 2 heterocycles. The molecule has 1 aliphatic rings. The monoisotopic (exact) mass is 378 g/mol. The summed E-state index contributed by atoms with van der Waals surface area (Å²) in [6, 6.07) is 16.3. The number of aliphatic imine (C=N–C) groups is 1. The molecule has 0 fully saturated rings. The third-order valence-corrected chi connectivity index (χ3v) is 6.05. The van der Waals surface area contributed by atoms with E-state index in [1.54, 1.807) is 28.4 Å². The summed E-state index contributed by atoms with van der Waals surface area (Å²) in [6.07, 6.45) is 0. The van der Waals surface area contributed by atoms with Crippen molar-refractivity contribution in [2.75, 3.05) is 11.4 Å². The lowest BCUT2D eigenvalue weighted by atomic mass is 10.00. The number of anilines is 1. The molecule has 0 spiro atoms. The number of hydrogen-bond donors (Lipinski definition) is 0. The van der Waals surface area contributed by atoms with Gasteiger partial charge < -0.3 is 0 Å². The summed E-state index contributed by atoms with van der Waals surface area (Å²) in [5.74, 6) is -0.327. The highest BCUT2D eigenvalue weighted by atomic mass is 32.1. The summed E-state index contributed by atoms with van der Waals surface area (Å²) in [6.45, 7) is 4.65. The molecule has 136 valence electrons. The molecular weight excluding hydrogens is 359 g/mol. The zero-order chi connectivity index (χ0) is 19.0. The predicted octanol–water partition coefficient (Wildman–Crippen LogP) is 4.89. The SMILES string of the molecule is Cc1sc2c(c1C)C(c1ccccc1)=NCC(=O)N2Cc1ccc(F)cc1. The van der Waals surface area contributed by atoms with Crippen molar-refractivity contribution in [2.24, 2.45) is 4.99 Å². The van der Waals surface area contributed by atoms with Crippen LogP contribution in [0.15, 0.2) is 59.6 Å². The fourth-order valence-electron chi connectivity index (χ4n) is 3.27. The van der Waals surface area contributed by atoms with Crippen LogP contribution in [-0.2, 0) is 11.3 Å². The number of rotatable bonds is 3. The topological polar surface area (TPSA) is 32.7 Å². The number of nitrogens with zero attached hydrogens (tertiary/aromatic N) is 2. The van der Waals surface area contributed by atoms with Crippen molar-refractivity contribution in [2.45, 2.75) is 20.4 Å². The van der Waals surface area contributed by atoms with Gasteiger partial charge in [0.15, 0.2) is 0 Å². The molecule has 0 saturated carbocycles. The van der Waals surface area contributed by atoms with Gasteiger partial charge in [0.1, 0.15) is 17.4 Å². The van der Waals surface area contributed by atoms with E-state index in [1.165, 1.54) is 17.0 Å². The first-order chi connectivity index (χ1) is 13.0. The number of aryl methyl sites for hydroxylation is 1. The molecule has 1 amide bonds. The van der Waals surface area contributed by atoms with Gasteiger partial charge in [0.25, 0.3) is 0 Å². The van der Waals surface area contributed by atoms with Crippen molar-refractivity contribution in [1.82, 2.24) is 0 Å². The predicted molar refractivity (Wildman–Crippen MR) is 108 cm³/mol. The quantitative estimate of drug-likeness (QED) is 0.639. The first-order valence-electron chi connectivity index (χ1n) is 8.79. The Labute approximate surface area is 161 Å². The fourth-order valence-corrected chi connectivity index (χ4v) is 4.44. The van der Waals surface area contributed by atoms with Crippen molar-refractivity contribution in [3.05, 3.63) is 87.5 Å². The Hall–Kier alpha value is -2.79. The summed E-state index contributed by atoms with van der Waals surface area (Å²) in [4.78, 5) is 20.5. The number of amides is 1. The van der Waals surface area contributed by atoms with E-state index in [0.717, 1.165) is 33.0 Å². The Morgan fingerprint density at radius 3 is 2.48 bits per heavy atom. The van der Waals surface area contributed by atoms with Gasteiger partial charge in [-0.3, -0.25) is 14.7 Å². The first-order valence-corrected chi connectivity index (χ1v) is 9.61. The Bertz CT molecular complexity index is 1020. The summed E-state index contributed by atoms with van der Waals surface area (Å²) < 4.78 is 13.2. The molecule has 1 aromatic heterocycles. The number of hydrogen-bond acceptors (Lipinski definition) is 3. The molecule has 0 radical (unpaired) electrons. The number of carbonyl (C=O) groups excluding carboxylic acids is 1. The van der Waals surface area contributed by atoms with Gasteiger partial charge in [-0.25, -0.2) is 4.39 Å². The van der Waals surface area contributed by atoms with Crippen LogP contribution in [0.5, 0.6) is 0 Å². The smallest absolute Gasteiger partial charge is 0.249 e. The van der Waals surface area contributed by atoms with Crippen molar-refractivity contribution in [3.63, 3.8) is 0 Å². The largest absolute Gasteiger partial charge is 0.297 e. The third-order valence-electron chi connectivity index (χ3n) is 4.82. The van der Waals surface area contributed by atoms with Crippen LogP contribution in [0.3, 0.4) is 0 Å². The Morgan fingerprint density at radius 1 is 1.07 bits per heavy atom. The second kappa shape index (κ2) is 7.08. The Morgan fingerprint density at radius 2 is 1.78 bits per heavy atom. The highest BCUT2D eigenvalue weighted by molar-refractivity contribution is 7.17. The average molecular weight is 378 g/mol. The van der Waals surface area contributed by atoms with Gasteiger partial charge in [0.2, 0.25) is 5.91 Å². The van der Waals surface area contributed by atoms with Crippen LogP contribution in [0.25, 0.3) is 0 Å². The number of halogens is 1. The molecule has 3 nitrogen and oxygen atoms in total. The van der Waals surface area contributed by atoms with E-state index >= 15 is 0 Å². The molecule has 3 aromatic rings. The van der Waals surface area contributed by atoms with Gasteiger partial charge in [-0.2, -0.15) is 0 Å². The molecular formula is C22H19FN2OS. The molecule has 0 bridgehead atoms. The van der Waals surface area contributed by atoms with Gasteiger partial charge in [-0.15, -0.1) is 11.3 Å². The minimum atomic E-state index is -0.279.